The minimum atomic E-state index is 0. The molecule has 0 heterocycles. The molecular weight excluding hydrogens is 218 g/mol. The Balaban J connectivity index is -0.0000000400. The molecule has 5 heteroatoms. The number of hydrogen-bond acceptors (Lipinski definition) is 2. The van der Waals surface area contributed by atoms with E-state index in [1.165, 1.54) is 0 Å². The van der Waals surface area contributed by atoms with Crippen LogP contribution in [0.2, 0.25) is 0 Å². The van der Waals surface area contributed by atoms with Gasteiger partial charge < -0.3 is 59.1 Å². The van der Waals surface area contributed by atoms with Gasteiger partial charge in [0.1, 0.15) is 0 Å². The van der Waals surface area contributed by atoms with Gasteiger partial charge in [0.05, 0.1) is 0 Å². The van der Waals surface area contributed by atoms with Crippen molar-refractivity contribution in [1.29, 1.82) is 0 Å². The number of thiol groups is 2. The van der Waals surface area contributed by atoms with Crippen LogP contribution in [-0.2, 0) is 19.5 Å². The summed E-state index contributed by atoms with van der Waals surface area (Å²) in [5.74, 6) is 0. The zero-order valence-corrected chi connectivity index (χ0v) is 9.81. The van der Waals surface area contributed by atoms with Crippen molar-refractivity contribution in [3.63, 3.8) is 0 Å². The summed E-state index contributed by atoms with van der Waals surface area (Å²) in [5.41, 5.74) is 0. The molecule has 0 aromatic heterocycles. The first-order chi connectivity index (χ1) is 2.83. The second kappa shape index (κ2) is 25.9. The molecule has 0 aromatic rings. The Labute approximate surface area is 78.0 Å². The van der Waals surface area contributed by atoms with E-state index in [0.29, 0.717) is 0 Å². The second-order valence-corrected chi connectivity index (χ2v) is 1.64. The normalized spacial score (nSPS) is 3.71. The quantitative estimate of drug-likeness (QED) is 0.274. The summed E-state index contributed by atoms with van der Waals surface area (Å²) < 4.78 is 4.06. The molecule has 0 radical (unpaired) electrons. The first kappa shape index (κ1) is 15.8. The predicted molar refractivity (Wildman–Crippen MR) is 43.2 cm³/mol. The van der Waals surface area contributed by atoms with Crippen molar-refractivity contribution in [3.8, 4) is 0 Å². The third-order valence-electron chi connectivity index (χ3n) is 0. The molecule has 0 aliphatic rings. The van der Waals surface area contributed by atoms with Gasteiger partial charge >= 0.3 is 19.5 Å². The van der Waals surface area contributed by atoms with Gasteiger partial charge in [-0.3, -0.25) is 0 Å². The van der Waals surface area contributed by atoms with Gasteiger partial charge in [-0.25, -0.2) is 0 Å². The minimum Gasteiger partial charge on any atom is -0.364 e. The van der Waals surface area contributed by atoms with E-state index in [4.69, 9.17) is 0 Å². The molecule has 0 rings (SSSR count). The second-order valence-electron chi connectivity index (χ2n) is 0.183. The molecule has 36 valence electrons. The largest absolute Gasteiger partial charge is 2.00 e. The number of hydrogen-bond donors (Lipinski definition) is 2. The summed E-state index contributed by atoms with van der Waals surface area (Å²) in [4.78, 5) is 0. The zero-order chi connectivity index (χ0) is 5.41. The maximum absolute atomic E-state index is 4.01. The maximum atomic E-state index is 4.01. The number of rotatable bonds is 0. The van der Waals surface area contributed by atoms with Crippen molar-refractivity contribution in [2.24, 2.45) is 0 Å². The summed E-state index contributed by atoms with van der Waals surface area (Å²) in [7, 11) is 0. The molecule has 7 heavy (non-hydrogen) atoms. The predicted octanol–water partition coefficient (Wildman–Crippen LogP) is 1.50. The summed E-state index contributed by atoms with van der Waals surface area (Å²) in [6, 6.07) is 0. The van der Waals surface area contributed by atoms with Crippen LogP contribution >= 0.6 is 49.7 Å². The van der Waals surface area contributed by atoms with Crippen LogP contribution in [0.15, 0.2) is 0 Å². The van der Waals surface area contributed by atoms with Crippen LogP contribution in [0.1, 0.15) is 0 Å². The van der Waals surface area contributed by atoms with Crippen molar-refractivity contribution in [1.82, 2.24) is 0 Å². The van der Waals surface area contributed by atoms with E-state index in [9.17, 15) is 0 Å². The standard InChI is InChI=1S/2CHS2.Zn/c2*2-1-3;/h2*(H,2,3);/q2*-1;+2. The third kappa shape index (κ3) is 101. The van der Waals surface area contributed by atoms with Crippen LogP contribution in [0.4, 0.5) is 0 Å². The molecule has 0 nitrogen and oxygen atoms in total. The molecule has 0 aliphatic heterocycles. The Hall–Kier alpha value is 1.50. The van der Waals surface area contributed by atoms with E-state index in [0.717, 1.165) is 0 Å². The number of thiocarbonyl (C=S) groups is 2. The molecule has 0 atom stereocenters. The summed E-state index contributed by atoms with van der Waals surface area (Å²) in [6.45, 7) is 0. The van der Waals surface area contributed by atoms with Crippen LogP contribution in [0.3, 0.4) is 0 Å². The minimum absolute atomic E-state index is 0. The first-order valence-electron chi connectivity index (χ1n) is 0.855. The fraction of sp³-hybridized carbons (Fsp3) is 0. The summed E-state index contributed by atoms with van der Waals surface area (Å²) in [6.07, 6.45) is 0. The Morgan fingerprint density at radius 1 is 1.00 bits per heavy atom. The Morgan fingerprint density at radius 3 is 1.00 bits per heavy atom. The van der Waals surface area contributed by atoms with Gasteiger partial charge in [-0.05, 0) is 0 Å². The summed E-state index contributed by atoms with van der Waals surface area (Å²) >= 11 is 14.7. The SMILES string of the molecule is S=[C-]S.S=[C-]S.[Zn+2]. The molecule has 0 bridgehead atoms. The molecule has 0 spiro atoms. The molecule has 0 fully saturated rings. The average molecular weight is 220 g/mol. The van der Waals surface area contributed by atoms with Gasteiger partial charge in [0.2, 0.25) is 0 Å². The smallest absolute Gasteiger partial charge is 0.364 e. The molecular formula is C2H2S4Zn. The van der Waals surface area contributed by atoms with Gasteiger partial charge in [-0.1, -0.05) is 0 Å². The van der Waals surface area contributed by atoms with Crippen LogP contribution in [0.5, 0.6) is 0 Å². The van der Waals surface area contributed by atoms with Crippen LogP contribution in [0, 0.1) is 0 Å². The third-order valence-corrected chi connectivity index (χ3v) is 0. The molecule has 0 N–H and O–H groups in total. The average Bonchev–Trinajstić information content (AvgIpc) is 1.39. The van der Waals surface area contributed by atoms with E-state index in [2.05, 4.69) is 49.7 Å². The maximum Gasteiger partial charge on any atom is 2.00 e. The van der Waals surface area contributed by atoms with Gasteiger partial charge in [0.25, 0.3) is 0 Å². The van der Waals surface area contributed by atoms with Crippen LogP contribution < -0.4 is 0 Å². The van der Waals surface area contributed by atoms with Gasteiger partial charge in [0.15, 0.2) is 0 Å². The van der Waals surface area contributed by atoms with Crippen molar-refractivity contribution >= 4 is 59.1 Å². The molecule has 0 unspecified atom stereocenters. The molecule has 0 aliphatic carbocycles. The Kier molecular flexibility index (Phi) is 58.4. The van der Waals surface area contributed by atoms with Gasteiger partial charge in [-0.2, -0.15) is 0 Å². The van der Waals surface area contributed by atoms with Crippen LogP contribution in [0.25, 0.3) is 0 Å². The van der Waals surface area contributed by atoms with Crippen molar-refractivity contribution in [2.75, 3.05) is 0 Å². The fourth-order valence-corrected chi connectivity index (χ4v) is 0. The zero-order valence-electron chi connectivity index (χ0n) is 3.42. The molecule has 0 saturated heterocycles. The van der Waals surface area contributed by atoms with E-state index >= 15 is 0 Å². The summed E-state index contributed by atoms with van der Waals surface area (Å²) in [5, 5.41) is 0. The topological polar surface area (TPSA) is 0 Å². The first-order valence-corrected chi connectivity index (χ1v) is 2.57. The van der Waals surface area contributed by atoms with Crippen molar-refractivity contribution in [3.05, 3.63) is 0 Å². The monoisotopic (exact) mass is 218 g/mol. The fourth-order valence-electron chi connectivity index (χ4n) is 0. The van der Waals surface area contributed by atoms with Gasteiger partial charge in [-0.15, -0.1) is 0 Å². The Morgan fingerprint density at radius 2 is 1.00 bits per heavy atom. The molecule has 0 aromatic carbocycles. The van der Waals surface area contributed by atoms with E-state index in [1.54, 1.807) is 0 Å². The van der Waals surface area contributed by atoms with E-state index < -0.39 is 0 Å². The Bertz CT molecular complexity index is 30.7. The molecule has 0 saturated carbocycles. The van der Waals surface area contributed by atoms with Crippen LogP contribution in [-0.4, -0.2) is 9.40 Å². The van der Waals surface area contributed by atoms with Crippen molar-refractivity contribution in [2.45, 2.75) is 0 Å². The van der Waals surface area contributed by atoms with Crippen molar-refractivity contribution < 1.29 is 19.5 Å². The molecule has 0 amide bonds. The van der Waals surface area contributed by atoms with Gasteiger partial charge in [0, 0.05) is 0 Å². The van der Waals surface area contributed by atoms with E-state index in [1.807, 2.05) is 9.40 Å². The van der Waals surface area contributed by atoms with E-state index in [-0.39, 0.29) is 19.5 Å².